The van der Waals surface area contributed by atoms with Crippen molar-refractivity contribution in [3.63, 3.8) is 0 Å². The van der Waals surface area contributed by atoms with Crippen LogP contribution in [0.15, 0.2) is 57.4 Å². The zero-order chi connectivity index (χ0) is 18.0. The van der Waals surface area contributed by atoms with Crippen molar-refractivity contribution in [1.29, 1.82) is 0 Å². The van der Waals surface area contributed by atoms with E-state index in [0.29, 0.717) is 11.3 Å². The molecule has 1 aromatic heterocycles. The molecule has 2 aromatic carbocycles. The van der Waals surface area contributed by atoms with Crippen molar-refractivity contribution < 1.29 is 18.7 Å². The molecule has 0 saturated carbocycles. The van der Waals surface area contributed by atoms with Crippen molar-refractivity contribution >= 4 is 44.5 Å². The van der Waals surface area contributed by atoms with Crippen LogP contribution in [0.5, 0.6) is 0 Å². The smallest absolute Gasteiger partial charge is 0.375 e. The van der Waals surface area contributed by atoms with Gasteiger partial charge >= 0.3 is 5.97 Å². The zero-order valence-corrected chi connectivity index (χ0v) is 15.3. The summed E-state index contributed by atoms with van der Waals surface area (Å²) in [6.45, 7) is 3.46. The van der Waals surface area contributed by atoms with Gasteiger partial charge in [0, 0.05) is 9.86 Å². The number of esters is 1. The second-order valence-corrected chi connectivity index (χ2v) is 6.52. The minimum atomic E-state index is -0.964. The molecule has 0 fully saturated rings. The highest BCUT2D eigenvalue weighted by Gasteiger charge is 2.22. The van der Waals surface area contributed by atoms with Gasteiger partial charge in [-0.05, 0) is 59.6 Å². The summed E-state index contributed by atoms with van der Waals surface area (Å²) in [6.07, 6.45) is -0.964. The van der Waals surface area contributed by atoms with Gasteiger partial charge in [-0.1, -0.05) is 24.3 Å². The number of benzene rings is 2. The van der Waals surface area contributed by atoms with Crippen LogP contribution in [-0.2, 0) is 9.53 Å². The first-order chi connectivity index (χ1) is 11.9. The predicted molar refractivity (Wildman–Crippen MR) is 98.6 cm³/mol. The van der Waals surface area contributed by atoms with E-state index in [2.05, 4.69) is 21.2 Å². The summed E-state index contributed by atoms with van der Waals surface area (Å²) in [5.41, 5.74) is 2.27. The molecule has 3 rings (SSSR count). The first kappa shape index (κ1) is 17.2. The molecule has 1 heterocycles. The minimum Gasteiger partial charge on any atom is -0.449 e. The molecule has 128 valence electrons. The lowest BCUT2D eigenvalue weighted by atomic mass is 10.2. The van der Waals surface area contributed by atoms with E-state index in [1.807, 2.05) is 37.3 Å². The Labute approximate surface area is 153 Å². The fourth-order valence-electron chi connectivity index (χ4n) is 2.31. The Bertz CT molecular complexity index is 915. The van der Waals surface area contributed by atoms with Gasteiger partial charge < -0.3 is 14.5 Å². The number of nitrogens with one attached hydrogen (secondary N) is 1. The number of amides is 1. The van der Waals surface area contributed by atoms with Crippen LogP contribution in [0.2, 0.25) is 0 Å². The van der Waals surface area contributed by atoms with Crippen molar-refractivity contribution in [3.05, 3.63) is 64.3 Å². The minimum absolute atomic E-state index is 0.0670. The molecule has 0 aliphatic rings. The second kappa shape index (κ2) is 7.11. The van der Waals surface area contributed by atoms with Gasteiger partial charge in [-0.25, -0.2) is 4.79 Å². The van der Waals surface area contributed by atoms with Crippen LogP contribution in [0.1, 0.15) is 23.0 Å². The topological polar surface area (TPSA) is 68.5 Å². The molecule has 0 unspecified atom stereocenters. The molecule has 0 spiro atoms. The summed E-state index contributed by atoms with van der Waals surface area (Å²) < 4.78 is 11.4. The fourth-order valence-corrected chi connectivity index (χ4v) is 2.90. The lowest BCUT2D eigenvalue weighted by Crippen LogP contribution is -2.30. The SMILES string of the molecule is Cc1ccc(NC(=O)[C@@H](C)OC(=O)c2cc3ccccc3o2)c(Br)c1. The van der Waals surface area contributed by atoms with E-state index in [-0.39, 0.29) is 5.76 Å². The van der Waals surface area contributed by atoms with Crippen LogP contribution in [-0.4, -0.2) is 18.0 Å². The summed E-state index contributed by atoms with van der Waals surface area (Å²) in [4.78, 5) is 24.4. The number of aryl methyl sites for hydroxylation is 1. The highest BCUT2D eigenvalue weighted by molar-refractivity contribution is 9.10. The van der Waals surface area contributed by atoms with Gasteiger partial charge in [-0.2, -0.15) is 0 Å². The quantitative estimate of drug-likeness (QED) is 0.643. The number of hydrogen-bond donors (Lipinski definition) is 1. The van der Waals surface area contributed by atoms with Crippen LogP contribution < -0.4 is 5.32 Å². The van der Waals surface area contributed by atoms with E-state index >= 15 is 0 Å². The summed E-state index contributed by atoms with van der Waals surface area (Å²) in [5, 5.41) is 3.53. The number of fused-ring (bicyclic) bond motifs is 1. The van der Waals surface area contributed by atoms with Crippen molar-refractivity contribution in [2.24, 2.45) is 0 Å². The molecule has 0 aliphatic carbocycles. The molecular weight excluding hydrogens is 386 g/mol. The number of furan rings is 1. The number of ether oxygens (including phenoxy) is 1. The van der Waals surface area contributed by atoms with Gasteiger partial charge in [0.15, 0.2) is 6.10 Å². The third kappa shape index (κ3) is 3.91. The Morgan fingerprint density at radius 3 is 2.64 bits per heavy atom. The molecule has 25 heavy (non-hydrogen) atoms. The lowest BCUT2D eigenvalue weighted by molar-refractivity contribution is -0.123. The number of anilines is 1. The van der Waals surface area contributed by atoms with Gasteiger partial charge in [0.1, 0.15) is 5.58 Å². The molecule has 3 aromatic rings. The number of rotatable bonds is 4. The largest absolute Gasteiger partial charge is 0.449 e. The van der Waals surface area contributed by atoms with E-state index in [1.165, 1.54) is 6.92 Å². The van der Waals surface area contributed by atoms with Gasteiger partial charge in [0.2, 0.25) is 5.76 Å². The Morgan fingerprint density at radius 1 is 1.16 bits per heavy atom. The van der Waals surface area contributed by atoms with Crippen LogP contribution >= 0.6 is 15.9 Å². The maximum atomic E-state index is 12.2. The van der Waals surface area contributed by atoms with Crippen LogP contribution in [0, 0.1) is 6.92 Å². The van der Waals surface area contributed by atoms with Crippen LogP contribution in [0.25, 0.3) is 11.0 Å². The molecule has 0 radical (unpaired) electrons. The second-order valence-electron chi connectivity index (χ2n) is 5.67. The fraction of sp³-hybridized carbons (Fsp3) is 0.158. The van der Waals surface area contributed by atoms with Crippen molar-refractivity contribution in [3.8, 4) is 0 Å². The van der Waals surface area contributed by atoms with E-state index < -0.39 is 18.0 Å². The molecule has 1 amide bonds. The molecule has 0 aliphatic heterocycles. The number of carbonyl (C=O) groups excluding carboxylic acids is 2. The molecule has 1 atom stereocenters. The highest BCUT2D eigenvalue weighted by Crippen LogP contribution is 2.24. The van der Waals surface area contributed by atoms with Gasteiger partial charge in [-0.3, -0.25) is 4.79 Å². The maximum absolute atomic E-state index is 12.2. The molecule has 5 nitrogen and oxygen atoms in total. The first-order valence-electron chi connectivity index (χ1n) is 7.70. The predicted octanol–water partition coefficient (Wildman–Crippen LogP) is 4.69. The van der Waals surface area contributed by atoms with E-state index in [1.54, 1.807) is 18.2 Å². The average Bonchev–Trinajstić information content (AvgIpc) is 3.01. The Hall–Kier alpha value is -2.60. The normalized spacial score (nSPS) is 12.0. The third-order valence-electron chi connectivity index (χ3n) is 3.66. The van der Waals surface area contributed by atoms with Crippen LogP contribution in [0.4, 0.5) is 5.69 Å². The number of halogens is 1. The van der Waals surface area contributed by atoms with Crippen LogP contribution in [0.3, 0.4) is 0 Å². The highest BCUT2D eigenvalue weighted by atomic mass is 79.9. The van der Waals surface area contributed by atoms with Gasteiger partial charge in [0.05, 0.1) is 5.69 Å². The molecule has 0 bridgehead atoms. The molecular formula is C19H16BrNO4. The summed E-state index contributed by atoms with van der Waals surface area (Å²) in [5.74, 6) is -1.03. The Balaban J connectivity index is 1.67. The Kier molecular flexibility index (Phi) is 4.90. The summed E-state index contributed by atoms with van der Waals surface area (Å²) >= 11 is 3.39. The van der Waals surface area contributed by atoms with Gasteiger partial charge in [0.25, 0.3) is 5.91 Å². The molecule has 1 N–H and O–H groups in total. The molecule has 6 heteroatoms. The van der Waals surface area contributed by atoms with E-state index in [4.69, 9.17) is 9.15 Å². The summed E-state index contributed by atoms with van der Waals surface area (Å²) in [7, 11) is 0. The first-order valence-corrected chi connectivity index (χ1v) is 8.50. The summed E-state index contributed by atoms with van der Waals surface area (Å²) in [6, 6.07) is 14.4. The monoisotopic (exact) mass is 401 g/mol. The average molecular weight is 402 g/mol. The maximum Gasteiger partial charge on any atom is 0.375 e. The third-order valence-corrected chi connectivity index (χ3v) is 4.32. The Morgan fingerprint density at radius 2 is 1.92 bits per heavy atom. The number of carbonyl (C=O) groups is 2. The standard InChI is InChI=1S/C19H16BrNO4/c1-11-7-8-15(14(20)9-11)21-18(22)12(2)24-19(23)17-10-13-5-3-4-6-16(13)25-17/h3-10,12H,1-2H3,(H,21,22)/t12-/m1/s1. The number of para-hydroxylation sites is 1. The van der Waals surface area contributed by atoms with Crippen molar-refractivity contribution in [2.75, 3.05) is 5.32 Å². The molecule has 0 saturated heterocycles. The number of hydrogen-bond acceptors (Lipinski definition) is 4. The zero-order valence-electron chi connectivity index (χ0n) is 13.7. The lowest BCUT2D eigenvalue weighted by Gasteiger charge is -2.13. The van der Waals surface area contributed by atoms with Crippen molar-refractivity contribution in [1.82, 2.24) is 0 Å². The van der Waals surface area contributed by atoms with Gasteiger partial charge in [-0.15, -0.1) is 0 Å². The van der Waals surface area contributed by atoms with E-state index in [9.17, 15) is 9.59 Å². The van der Waals surface area contributed by atoms with E-state index in [0.717, 1.165) is 15.4 Å². The van der Waals surface area contributed by atoms with Crippen molar-refractivity contribution in [2.45, 2.75) is 20.0 Å².